The number of fused-ring (bicyclic) bond motifs is 12. The van der Waals surface area contributed by atoms with E-state index in [0.717, 1.165) is 4.90 Å². The summed E-state index contributed by atoms with van der Waals surface area (Å²) in [6.07, 6.45) is -37.3. The lowest BCUT2D eigenvalue weighted by Gasteiger charge is -2.43. The third kappa shape index (κ3) is 16.4. The minimum absolute atomic E-state index is 0.0438. The molecule has 0 bridgehead atoms. The number of methoxy groups -OCH3 is 8. The average molecular weight is 1370 g/mol. The summed E-state index contributed by atoms with van der Waals surface area (Å²) in [4.78, 5) is 55.4. The molecule has 0 N–H and O–H groups in total. The van der Waals surface area contributed by atoms with Crippen LogP contribution in [0.25, 0.3) is 0 Å². The Balaban J connectivity index is 0.000000245. The fourth-order valence-electron chi connectivity index (χ4n) is 10.4. The molecule has 10 atom stereocenters. The number of rotatable bonds is 18. The van der Waals surface area contributed by atoms with Crippen molar-refractivity contribution >= 4 is 23.1 Å². The molecular weight excluding hydrogens is 1180 g/mol. The molecule has 16 heteroatoms. The second kappa shape index (κ2) is 32.7. The van der Waals surface area contributed by atoms with E-state index in [1.165, 1.54) is 0 Å². The van der Waals surface area contributed by atoms with Crippen LogP contribution in [0.5, 0.6) is 46.0 Å². The van der Waals surface area contributed by atoms with Gasteiger partial charge in [0.15, 0.2) is 46.0 Å². The lowest BCUT2D eigenvalue weighted by molar-refractivity contribution is -0.130. The molecule has 94 heavy (non-hydrogen) atoms. The quantitative estimate of drug-likeness (QED) is 0.0926. The van der Waals surface area contributed by atoms with Crippen molar-refractivity contribution in [1.29, 1.82) is 0 Å². The lowest BCUT2D eigenvalue weighted by atomic mass is 9.79. The van der Waals surface area contributed by atoms with Gasteiger partial charge in [-0.25, -0.2) is 0 Å². The van der Waals surface area contributed by atoms with Crippen molar-refractivity contribution in [2.75, 3.05) is 108 Å². The van der Waals surface area contributed by atoms with E-state index in [9.17, 15) is 21.9 Å². The summed E-state index contributed by atoms with van der Waals surface area (Å²) in [7, 11) is -26.8. The molecule has 16 nitrogen and oxygen atoms in total. The normalized spacial score (nSPS) is 48.6. The van der Waals surface area contributed by atoms with Gasteiger partial charge in [-0.3, -0.25) is 38.8 Å². The maximum Gasteiger partial charge on any atom is 0.161 e. The maximum absolute atomic E-state index is 14.0. The van der Waals surface area contributed by atoms with Crippen LogP contribution in [0, 0.1) is 47.2 Å². The number of nitrogens with zero attached hydrogens (tertiary/aromatic N) is 4. The van der Waals surface area contributed by atoms with E-state index in [1.54, 1.807) is 13.8 Å². The highest BCUT2D eigenvalue weighted by atomic mass is 16.5. The van der Waals surface area contributed by atoms with Crippen LogP contribution in [0.15, 0.2) is 48.4 Å². The first-order valence-electron chi connectivity index (χ1n) is 64.2. The molecular formula is C78H112N4O12. The van der Waals surface area contributed by atoms with Crippen molar-refractivity contribution in [2.24, 2.45) is 47.2 Å². The van der Waals surface area contributed by atoms with E-state index >= 15 is 0 Å². The number of ketones is 4. The molecule has 0 amide bonds. The molecule has 0 radical (unpaired) electrons. The van der Waals surface area contributed by atoms with Gasteiger partial charge in [-0.05, 0) is 168 Å². The summed E-state index contributed by atoms with van der Waals surface area (Å²) in [6, 6.07) is -18.6. The molecule has 0 spiro atoms. The molecule has 4 aromatic carbocycles. The van der Waals surface area contributed by atoms with Crippen LogP contribution in [0.2, 0.25) is 0 Å². The van der Waals surface area contributed by atoms with Crippen molar-refractivity contribution in [3.63, 3.8) is 0 Å². The molecule has 8 heterocycles. The summed E-state index contributed by atoms with van der Waals surface area (Å²) in [6.45, 7) is -17.7. The number of hydrogen-bond donors (Lipinski definition) is 0. The Hall–Kier alpha value is -6.20. The largest absolute Gasteiger partial charge is 0.493 e. The van der Waals surface area contributed by atoms with Gasteiger partial charge < -0.3 is 37.9 Å². The van der Waals surface area contributed by atoms with Crippen molar-refractivity contribution < 1.29 is 156 Å². The second-order valence-electron chi connectivity index (χ2n) is 21.8. The number of Topliss-reactive ketones (excluding diaryl/α,β-unsaturated/α-hetero) is 4. The highest BCUT2D eigenvalue weighted by Gasteiger charge is 2.43. The molecule has 8 aliphatic heterocycles. The zero-order valence-corrected chi connectivity index (χ0v) is 50.8. The summed E-state index contributed by atoms with van der Waals surface area (Å²) < 4.78 is 626. The number of ether oxygens (including phenoxy) is 8. The molecule has 4 fully saturated rings. The molecule has 4 aromatic rings. The van der Waals surface area contributed by atoms with Crippen LogP contribution >= 0.6 is 0 Å². The number of carbonyl (C=O) groups is 4. The Kier molecular flexibility index (Phi) is 8.17. The van der Waals surface area contributed by atoms with Crippen molar-refractivity contribution in [3.8, 4) is 46.0 Å². The van der Waals surface area contributed by atoms with Gasteiger partial charge in [-0.2, -0.15) is 0 Å². The molecule has 12 rings (SSSR count). The Morgan fingerprint density at radius 3 is 1.29 bits per heavy atom. The number of piperidine rings is 4. The third-order valence-electron chi connectivity index (χ3n) is 14.8. The van der Waals surface area contributed by atoms with Crippen LogP contribution in [-0.4, -0.2) is 151 Å². The molecule has 10 unspecified atom stereocenters. The molecule has 0 aromatic heterocycles. The zero-order valence-electron chi connectivity index (χ0n) is 123. The Morgan fingerprint density at radius 2 is 0.830 bits per heavy atom. The van der Waals surface area contributed by atoms with Crippen molar-refractivity contribution in [1.82, 2.24) is 19.6 Å². The summed E-state index contributed by atoms with van der Waals surface area (Å²) in [5.41, 5.74) is -8.00. The Bertz CT molecular complexity index is 6550. The zero-order chi connectivity index (χ0) is 130. The van der Waals surface area contributed by atoms with Gasteiger partial charge in [0.05, 0.1) is 103 Å². The van der Waals surface area contributed by atoms with Crippen molar-refractivity contribution in [2.45, 2.75) is 169 Å². The minimum atomic E-state index is -4.30. The predicted molar refractivity (Wildman–Crippen MR) is 370 cm³/mol. The molecule has 8 aliphatic rings. The van der Waals surface area contributed by atoms with E-state index in [-0.39, 0.29) is 34.6 Å². The first kappa shape index (κ1) is 23.5. The highest BCUT2D eigenvalue weighted by molar-refractivity contribution is 5.85. The smallest absolute Gasteiger partial charge is 0.161 e. The monoisotopic (exact) mass is 1370 g/mol. The standard InChI is InChI=1S/2C20H29NO3.2C19H27NO3/c2*1-5-13(2)8-15-12-21-7-6-14-9-19(23-3)20(24-4)10-16(14)17(21)11-18(15)22;2*1-12(2)7-14-11-20-6-5-13-8-18(22-3)19(23-4)9-15(13)16(20)10-17(14)21/h2*9-10,13,15,17H,5-8,11-12H2,1-4H3;2*8-9,12,14,16H,5-7,10-11H2,1-4H3/i2D3,3D3,4D3,5D2,6D2,7D2,8D2,9D,10D,11D2,13D,15D,17D;2D3,3D3,4D3,5D2,6D2,7D2,8D2,9D,10D,13D,17D;3D3,4D3,5D2,6D2,10D2,14D,16D;3D3,4D3,5D2,6D2,8D,9D,16D. The van der Waals surface area contributed by atoms with Gasteiger partial charge in [0.1, 0.15) is 23.1 Å². The predicted octanol–water partition coefficient (Wildman–Crippen LogP) is 13.7. The highest BCUT2D eigenvalue weighted by Crippen LogP contribution is 2.48. The molecule has 4 saturated heterocycles. The van der Waals surface area contributed by atoms with E-state index in [2.05, 4.69) is 9.47 Å². The van der Waals surface area contributed by atoms with Crippen LogP contribution < -0.4 is 37.9 Å². The van der Waals surface area contributed by atoms with Gasteiger partial charge in [0, 0.05) is 178 Å². The van der Waals surface area contributed by atoms with Crippen LogP contribution in [-0.2, 0) is 44.7 Å². The Labute approximate surface area is 663 Å². The first-order chi connectivity index (χ1) is 72.7. The second-order valence-corrected chi connectivity index (χ2v) is 21.8. The van der Waals surface area contributed by atoms with Gasteiger partial charge >= 0.3 is 0 Å². The molecule has 0 saturated carbocycles. The SMILES string of the molecule is [2H]C([2H])([2H])Oc1cc2c(cc1OC([2H])([2H])[2H])C1([2H])N(CC([2H])(CC(C)C)C(=O)C1([2H])[2H])C([2H])([2H])C2([2H])[2H].[2H]c1c(OC([2H])([2H])[2H])c(OC([2H])([2H])[2H])c([2H])c2c1C([2H])([2H])C([2H])([2H])N1CC([2H])(C([2H])([2H])C([2H])(C([2H])([2H])[2H])C([2H])([2H])C)C(=O)C([2H])([2H])C21[2H].[2H]c1c(OC([2H])([2H])[2H])c(OC([2H])([2H])[2H])c([2H])c2c1C1([2H])CC(=O)C(C([2H])([2H])C([2H])(C([2H])([2H])[2H])C([2H])([2H])C)CN1C([2H])([2H])C2([2H])[2H].[2H]c1c(OC([2H])([2H])[2H])c(OC([2H])([2H])[2H])c([2H])c2c1C1([2H])CC(=O)C(CC(C)C)CN1C([2H])([2H])C2([2H])[2H]. The van der Waals surface area contributed by atoms with E-state index in [1.807, 2.05) is 13.8 Å². The van der Waals surface area contributed by atoms with Crippen LogP contribution in [0.4, 0.5) is 0 Å². The third-order valence-corrected chi connectivity index (χ3v) is 14.8. The van der Waals surface area contributed by atoms with Gasteiger partial charge in [0.2, 0.25) is 0 Å². The fourth-order valence-corrected chi connectivity index (χ4v) is 10.4. The summed E-state index contributed by atoms with van der Waals surface area (Å²) >= 11 is 0. The van der Waals surface area contributed by atoms with E-state index in [0.29, 0.717) is 37.3 Å². The molecule has 516 valence electrons. The summed E-state index contributed by atoms with van der Waals surface area (Å²) in [5, 5.41) is 0. The first-order valence-corrected chi connectivity index (χ1v) is 28.2. The fraction of sp³-hybridized carbons (Fsp3) is 0.641. The van der Waals surface area contributed by atoms with Gasteiger partial charge in [-0.1, -0.05) is 68.0 Å². The topological polar surface area (TPSA) is 155 Å². The Morgan fingerprint density at radius 1 is 0.457 bits per heavy atom. The number of hydrogen-bond acceptors (Lipinski definition) is 16. The summed E-state index contributed by atoms with van der Waals surface area (Å²) in [5.74, 6) is -32.0. The maximum atomic E-state index is 14.0. The van der Waals surface area contributed by atoms with Gasteiger partial charge in [-0.15, -0.1) is 0 Å². The number of benzene rings is 4. The van der Waals surface area contributed by atoms with Crippen molar-refractivity contribution in [3.05, 3.63) is 92.9 Å². The molecule has 0 aliphatic carbocycles. The minimum Gasteiger partial charge on any atom is -0.493 e. The number of aryl methyl sites for hydroxylation is 1. The van der Waals surface area contributed by atoms with E-state index in [4.69, 9.17) is 124 Å². The lowest BCUT2D eigenvalue weighted by Crippen LogP contribution is -2.46. The van der Waals surface area contributed by atoms with Gasteiger partial charge in [0.25, 0.3) is 0 Å². The van der Waals surface area contributed by atoms with E-state index < -0.39 is 402 Å². The van der Waals surface area contributed by atoms with Crippen LogP contribution in [0.1, 0.15) is 286 Å². The van der Waals surface area contributed by atoms with Crippen LogP contribution in [0.3, 0.4) is 0 Å². The number of carbonyl (C=O) groups excluding carboxylic acids is 4. The average Bonchev–Trinajstić information content (AvgIpc) is 0.647.